The highest BCUT2D eigenvalue weighted by atomic mass is 16.5. The third-order valence-corrected chi connectivity index (χ3v) is 1.61. The molecule has 5 nitrogen and oxygen atoms in total. The summed E-state index contributed by atoms with van der Waals surface area (Å²) in [4.78, 5) is 21.6. The predicted octanol–water partition coefficient (Wildman–Crippen LogP) is -0.739. The topological polar surface area (TPSA) is 81.4 Å². The molecule has 0 heterocycles. The number of hydrogen-bond acceptors (Lipinski definition) is 3. The van der Waals surface area contributed by atoms with Crippen molar-refractivity contribution >= 4 is 11.8 Å². The molecule has 3 N–H and O–H groups in total. The van der Waals surface area contributed by atoms with Gasteiger partial charge in [0, 0.05) is 26.0 Å². The molecular weight excluding hydrogens is 172 g/mol. The van der Waals surface area contributed by atoms with Gasteiger partial charge in [0.15, 0.2) is 0 Å². The molecule has 1 atom stereocenters. The van der Waals surface area contributed by atoms with E-state index in [0.29, 0.717) is 13.2 Å². The fourth-order valence-corrected chi connectivity index (χ4v) is 0.743. The van der Waals surface area contributed by atoms with Crippen LogP contribution in [-0.2, 0) is 14.3 Å². The molecule has 76 valence electrons. The molecule has 0 rings (SSSR count). The molecule has 0 aliphatic rings. The maximum absolute atomic E-state index is 11.1. The summed E-state index contributed by atoms with van der Waals surface area (Å²) in [5.41, 5.74) is 5.00. The van der Waals surface area contributed by atoms with E-state index < -0.39 is 11.8 Å². The molecule has 0 aliphatic carbocycles. The summed E-state index contributed by atoms with van der Waals surface area (Å²) >= 11 is 0. The van der Waals surface area contributed by atoms with Crippen molar-refractivity contribution in [3.63, 3.8) is 0 Å². The van der Waals surface area contributed by atoms with Crippen molar-refractivity contribution in [1.29, 1.82) is 0 Å². The molecule has 0 aromatic heterocycles. The van der Waals surface area contributed by atoms with Crippen LogP contribution in [0, 0.1) is 5.92 Å². The molecule has 5 heteroatoms. The van der Waals surface area contributed by atoms with Gasteiger partial charge < -0.3 is 15.8 Å². The summed E-state index contributed by atoms with van der Waals surface area (Å²) in [7, 11) is 1.55. The van der Waals surface area contributed by atoms with E-state index in [1.165, 1.54) is 0 Å². The summed E-state index contributed by atoms with van der Waals surface area (Å²) in [5.74, 6) is -1.05. The number of amides is 2. The van der Waals surface area contributed by atoms with Crippen LogP contribution in [-0.4, -0.2) is 32.1 Å². The zero-order valence-electron chi connectivity index (χ0n) is 8.00. The first-order valence-corrected chi connectivity index (χ1v) is 4.13. The minimum absolute atomic E-state index is 0.138. The Bertz CT molecular complexity index is 182. The SMILES string of the molecule is COCCNC(=O)CC(C)C(N)=O. The summed E-state index contributed by atoms with van der Waals surface area (Å²) in [6, 6.07) is 0. The van der Waals surface area contributed by atoms with Crippen LogP contribution in [0.4, 0.5) is 0 Å². The van der Waals surface area contributed by atoms with Gasteiger partial charge in [-0.3, -0.25) is 9.59 Å². The molecule has 1 unspecified atom stereocenters. The Morgan fingerprint density at radius 2 is 2.15 bits per heavy atom. The lowest BCUT2D eigenvalue weighted by Crippen LogP contribution is -2.31. The van der Waals surface area contributed by atoms with Gasteiger partial charge in [0.1, 0.15) is 0 Å². The number of rotatable bonds is 6. The van der Waals surface area contributed by atoms with E-state index in [1.54, 1.807) is 14.0 Å². The van der Waals surface area contributed by atoms with Crippen LogP contribution < -0.4 is 11.1 Å². The average Bonchev–Trinajstić information content (AvgIpc) is 2.04. The fourth-order valence-electron chi connectivity index (χ4n) is 0.743. The number of carbonyl (C=O) groups is 2. The second-order valence-electron chi connectivity index (χ2n) is 2.85. The van der Waals surface area contributed by atoms with Gasteiger partial charge in [-0.1, -0.05) is 6.92 Å². The van der Waals surface area contributed by atoms with E-state index in [1.807, 2.05) is 0 Å². The summed E-state index contributed by atoms with van der Waals surface area (Å²) in [6.45, 7) is 2.55. The highest BCUT2D eigenvalue weighted by molar-refractivity contribution is 5.84. The van der Waals surface area contributed by atoms with Gasteiger partial charge in [0.05, 0.1) is 6.61 Å². The molecule has 0 bridgehead atoms. The van der Waals surface area contributed by atoms with Crippen molar-refractivity contribution in [2.75, 3.05) is 20.3 Å². The zero-order valence-corrected chi connectivity index (χ0v) is 8.00. The van der Waals surface area contributed by atoms with Crippen molar-refractivity contribution in [2.24, 2.45) is 11.7 Å². The van der Waals surface area contributed by atoms with Gasteiger partial charge in [-0.15, -0.1) is 0 Å². The van der Waals surface area contributed by atoms with Crippen LogP contribution in [0.5, 0.6) is 0 Å². The molecule has 0 aromatic carbocycles. The molecule has 13 heavy (non-hydrogen) atoms. The van der Waals surface area contributed by atoms with Crippen molar-refractivity contribution in [2.45, 2.75) is 13.3 Å². The van der Waals surface area contributed by atoms with Crippen molar-refractivity contribution in [3.05, 3.63) is 0 Å². The van der Waals surface area contributed by atoms with Gasteiger partial charge >= 0.3 is 0 Å². The summed E-state index contributed by atoms with van der Waals surface area (Å²) < 4.78 is 4.74. The predicted molar refractivity (Wildman–Crippen MR) is 47.9 cm³/mol. The number of methoxy groups -OCH3 is 1. The first-order valence-electron chi connectivity index (χ1n) is 4.13. The van der Waals surface area contributed by atoms with Crippen LogP contribution in [0.2, 0.25) is 0 Å². The maximum Gasteiger partial charge on any atom is 0.220 e. The van der Waals surface area contributed by atoms with Crippen molar-refractivity contribution in [3.8, 4) is 0 Å². The van der Waals surface area contributed by atoms with E-state index in [0.717, 1.165) is 0 Å². The number of nitrogens with one attached hydrogen (secondary N) is 1. The fraction of sp³-hybridized carbons (Fsp3) is 0.750. The Morgan fingerprint density at radius 1 is 1.54 bits per heavy atom. The molecular formula is C8H16N2O3. The standard InChI is InChI=1S/C8H16N2O3/c1-6(8(9)12)5-7(11)10-3-4-13-2/h6H,3-5H2,1-2H3,(H2,9,12)(H,10,11). The molecule has 0 saturated heterocycles. The van der Waals surface area contributed by atoms with Crippen LogP contribution in [0.1, 0.15) is 13.3 Å². The molecule has 0 aliphatic heterocycles. The van der Waals surface area contributed by atoms with E-state index in [2.05, 4.69) is 5.32 Å². The lowest BCUT2D eigenvalue weighted by Gasteiger charge is -2.07. The summed E-state index contributed by atoms with van der Waals surface area (Å²) in [6.07, 6.45) is 0.138. The van der Waals surface area contributed by atoms with Crippen LogP contribution in [0.3, 0.4) is 0 Å². The van der Waals surface area contributed by atoms with E-state index >= 15 is 0 Å². The normalized spacial score (nSPS) is 12.2. The maximum atomic E-state index is 11.1. The van der Waals surface area contributed by atoms with Crippen molar-refractivity contribution < 1.29 is 14.3 Å². The third-order valence-electron chi connectivity index (χ3n) is 1.61. The van der Waals surface area contributed by atoms with Crippen molar-refractivity contribution in [1.82, 2.24) is 5.32 Å². The van der Waals surface area contributed by atoms with E-state index in [9.17, 15) is 9.59 Å². The third kappa shape index (κ3) is 6.10. The Labute approximate surface area is 77.6 Å². The molecule has 0 spiro atoms. The second kappa shape index (κ2) is 6.42. The largest absolute Gasteiger partial charge is 0.383 e. The van der Waals surface area contributed by atoms with Gasteiger partial charge in [-0.05, 0) is 0 Å². The minimum atomic E-state index is -0.457. The molecule has 0 aromatic rings. The Hall–Kier alpha value is -1.10. The van der Waals surface area contributed by atoms with Crippen LogP contribution in [0.15, 0.2) is 0 Å². The monoisotopic (exact) mass is 188 g/mol. The highest BCUT2D eigenvalue weighted by Gasteiger charge is 2.12. The Balaban J connectivity index is 3.56. The Kier molecular flexibility index (Phi) is 5.88. The minimum Gasteiger partial charge on any atom is -0.383 e. The zero-order chi connectivity index (χ0) is 10.3. The van der Waals surface area contributed by atoms with Crippen LogP contribution in [0.25, 0.3) is 0 Å². The number of primary amides is 1. The average molecular weight is 188 g/mol. The quantitative estimate of drug-likeness (QED) is 0.539. The number of ether oxygens (including phenoxy) is 1. The summed E-state index contributed by atoms with van der Waals surface area (Å²) in [5, 5.41) is 2.60. The van der Waals surface area contributed by atoms with Gasteiger partial charge in [-0.25, -0.2) is 0 Å². The molecule has 0 saturated carbocycles. The first kappa shape index (κ1) is 11.9. The molecule has 0 radical (unpaired) electrons. The lowest BCUT2D eigenvalue weighted by molar-refractivity contribution is -0.128. The smallest absolute Gasteiger partial charge is 0.220 e. The van der Waals surface area contributed by atoms with Gasteiger partial charge in [0.25, 0.3) is 0 Å². The van der Waals surface area contributed by atoms with E-state index in [4.69, 9.17) is 10.5 Å². The lowest BCUT2D eigenvalue weighted by atomic mass is 10.1. The van der Waals surface area contributed by atoms with E-state index in [-0.39, 0.29) is 12.3 Å². The number of carbonyl (C=O) groups excluding carboxylic acids is 2. The highest BCUT2D eigenvalue weighted by Crippen LogP contribution is 1.99. The van der Waals surface area contributed by atoms with Gasteiger partial charge in [0.2, 0.25) is 11.8 Å². The van der Waals surface area contributed by atoms with Gasteiger partial charge in [-0.2, -0.15) is 0 Å². The number of nitrogens with two attached hydrogens (primary N) is 1. The second-order valence-corrected chi connectivity index (χ2v) is 2.85. The Morgan fingerprint density at radius 3 is 2.62 bits per heavy atom. The molecule has 0 fully saturated rings. The van der Waals surface area contributed by atoms with Crippen LogP contribution >= 0.6 is 0 Å². The molecule has 2 amide bonds. The number of hydrogen-bond donors (Lipinski definition) is 2. The first-order chi connectivity index (χ1) is 6.07.